The highest BCUT2D eigenvalue weighted by atomic mass is 35.5. The van der Waals surface area contributed by atoms with E-state index in [1.165, 1.54) is 0 Å². The van der Waals surface area contributed by atoms with E-state index in [0.29, 0.717) is 22.8 Å². The van der Waals surface area contributed by atoms with Crippen LogP contribution in [0.25, 0.3) is 0 Å². The smallest absolute Gasteiger partial charge is 0.244 e. The third-order valence-corrected chi connectivity index (χ3v) is 3.24. The van der Waals surface area contributed by atoms with Gasteiger partial charge in [-0.25, -0.2) is 0 Å². The van der Waals surface area contributed by atoms with Crippen molar-refractivity contribution in [1.82, 2.24) is 15.2 Å². The Morgan fingerprint density at radius 1 is 1.35 bits per heavy atom. The van der Waals surface area contributed by atoms with Crippen molar-refractivity contribution < 1.29 is 0 Å². The summed E-state index contributed by atoms with van der Waals surface area (Å²) in [5, 5.41) is 15.0. The van der Waals surface area contributed by atoms with Crippen molar-refractivity contribution in [2.45, 2.75) is 33.2 Å². The first-order chi connectivity index (χ1) is 9.58. The molecule has 2 aromatic rings. The summed E-state index contributed by atoms with van der Waals surface area (Å²) in [5.74, 6) is 1.15. The number of nitrogens with one attached hydrogen (secondary N) is 2. The Morgan fingerprint density at radius 3 is 2.90 bits per heavy atom. The molecule has 106 valence electrons. The van der Waals surface area contributed by atoms with E-state index in [1.54, 1.807) is 6.20 Å². The zero-order chi connectivity index (χ0) is 14.5. The Bertz CT molecular complexity index is 588. The summed E-state index contributed by atoms with van der Waals surface area (Å²) < 4.78 is 0. The van der Waals surface area contributed by atoms with E-state index in [1.807, 2.05) is 25.1 Å². The minimum absolute atomic E-state index is 0.306. The van der Waals surface area contributed by atoms with Crippen molar-refractivity contribution in [3.63, 3.8) is 0 Å². The summed E-state index contributed by atoms with van der Waals surface area (Å²) in [5.41, 5.74) is 2.00. The number of anilines is 3. The number of hydrogen-bond acceptors (Lipinski definition) is 5. The van der Waals surface area contributed by atoms with Gasteiger partial charge >= 0.3 is 0 Å². The van der Waals surface area contributed by atoms with Crippen LogP contribution in [0.5, 0.6) is 0 Å². The lowest BCUT2D eigenvalue weighted by atomic mass is 10.2. The number of nitrogens with zero attached hydrogens (tertiary/aromatic N) is 3. The van der Waals surface area contributed by atoms with Gasteiger partial charge in [0.1, 0.15) is 0 Å². The maximum absolute atomic E-state index is 6.00. The summed E-state index contributed by atoms with van der Waals surface area (Å²) in [6, 6.07) is 5.98. The second kappa shape index (κ2) is 6.52. The van der Waals surface area contributed by atoms with Crippen LogP contribution in [0.3, 0.4) is 0 Å². The molecule has 0 fully saturated rings. The lowest BCUT2D eigenvalue weighted by Gasteiger charge is -2.12. The van der Waals surface area contributed by atoms with Crippen molar-refractivity contribution >= 4 is 29.1 Å². The van der Waals surface area contributed by atoms with Crippen LogP contribution < -0.4 is 10.6 Å². The Morgan fingerprint density at radius 2 is 2.15 bits per heavy atom. The van der Waals surface area contributed by atoms with Crippen LogP contribution in [-0.4, -0.2) is 21.2 Å². The fourth-order valence-electron chi connectivity index (χ4n) is 1.61. The van der Waals surface area contributed by atoms with Crippen LogP contribution >= 0.6 is 11.6 Å². The normalized spacial score (nSPS) is 12.0. The lowest BCUT2D eigenvalue weighted by Crippen LogP contribution is -2.16. The number of rotatable bonds is 5. The second-order valence-corrected chi connectivity index (χ2v) is 5.14. The molecule has 6 heteroatoms. The minimum Gasteiger partial charge on any atom is -0.350 e. The zero-order valence-electron chi connectivity index (χ0n) is 11.8. The summed E-state index contributed by atoms with van der Waals surface area (Å²) >= 11 is 6.00. The third kappa shape index (κ3) is 3.81. The highest BCUT2D eigenvalue weighted by molar-refractivity contribution is 6.30. The van der Waals surface area contributed by atoms with Crippen molar-refractivity contribution in [3.05, 3.63) is 35.0 Å². The van der Waals surface area contributed by atoms with Crippen LogP contribution in [0.2, 0.25) is 5.02 Å². The number of aromatic nitrogens is 3. The van der Waals surface area contributed by atoms with Gasteiger partial charge in [-0.15, -0.1) is 5.10 Å². The van der Waals surface area contributed by atoms with Crippen molar-refractivity contribution in [2.24, 2.45) is 0 Å². The highest BCUT2D eigenvalue weighted by Gasteiger charge is 2.05. The van der Waals surface area contributed by atoms with Crippen LogP contribution in [0.4, 0.5) is 17.5 Å². The molecule has 1 atom stereocenters. The van der Waals surface area contributed by atoms with Gasteiger partial charge in [-0.2, -0.15) is 10.1 Å². The van der Waals surface area contributed by atoms with Gasteiger partial charge in [-0.1, -0.05) is 24.6 Å². The first-order valence-electron chi connectivity index (χ1n) is 6.58. The molecule has 0 bridgehead atoms. The van der Waals surface area contributed by atoms with Crippen LogP contribution in [0, 0.1) is 6.92 Å². The minimum atomic E-state index is 0.306. The Kier molecular flexibility index (Phi) is 4.74. The predicted octanol–water partition coefficient (Wildman–Crippen LogP) is 3.79. The molecule has 1 unspecified atom stereocenters. The maximum atomic E-state index is 6.00. The van der Waals surface area contributed by atoms with Gasteiger partial charge in [0.05, 0.1) is 6.20 Å². The van der Waals surface area contributed by atoms with Gasteiger partial charge in [0.15, 0.2) is 5.82 Å². The second-order valence-electron chi connectivity index (χ2n) is 4.70. The number of aryl methyl sites for hydroxylation is 1. The third-order valence-electron chi connectivity index (χ3n) is 3.01. The average molecular weight is 292 g/mol. The maximum Gasteiger partial charge on any atom is 0.244 e. The van der Waals surface area contributed by atoms with Crippen LogP contribution in [0.1, 0.15) is 25.8 Å². The van der Waals surface area contributed by atoms with E-state index in [9.17, 15) is 0 Å². The molecule has 0 radical (unpaired) electrons. The molecule has 0 saturated heterocycles. The first kappa shape index (κ1) is 14.5. The highest BCUT2D eigenvalue weighted by Crippen LogP contribution is 2.23. The number of benzene rings is 1. The van der Waals surface area contributed by atoms with Gasteiger partial charge in [0.2, 0.25) is 5.95 Å². The molecular weight excluding hydrogens is 274 g/mol. The topological polar surface area (TPSA) is 62.7 Å². The Balaban J connectivity index is 2.17. The molecular formula is C14H18ClN5. The molecule has 1 aromatic carbocycles. The van der Waals surface area contributed by atoms with Crippen molar-refractivity contribution in [3.8, 4) is 0 Å². The molecule has 0 spiro atoms. The molecule has 0 aliphatic rings. The van der Waals surface area contributed by atoms with E-state index in [2.05, 4.69) is 39.7 Å². The monoisotopic (exact) mass is 291 g/mol. The van der Waals surface area contributed by atoms with E-state index in [-0.39, 0.29) is 0 Å². The summed E-state index contributed by atoms with van der Waals surface area (Å²) in [7, 11) is 0. The fraction of sp³-hybridized carbons (Fsp3) is 0.357. The number of hydrogen-bond donors (Lipinski definition) is 2. The van der Waals surface area contributed by atoms with E-state index in [4.69, 9.17) is 11.6 Å². The van der Waals surface area contributed by atoms with E-state index >= 15 is 0 Å². The summed E-state index contributed by atoms with van der Waals surface area (Å²) in [6.45, 7) is 6.18. The quantitative estimate of drug-likeness (QED) is 0.877. The van der Waals surface area contributed by atoms with Crippen LogP contribution in [0.15, 0.2) is 24.4 Å². The van der Waals surface area contributed by atoms with Crippen LogP contribution in [-0.2, 0) is 0 Å². The molecule has 0 aliphatic heterocycles. The fourth-order valence-corrected chi connectivity index (χ4v) is 1.79. The zero-order valence-corrected chi connectivity index (χ0v) is 12.6. The molecule has 0 amide bonds. The van der Waals surface area contributed by atoms with Gasteiger partial charge in [0.25, 0.3) is 0 Å². The Hall–Kier alpha value is -1.88. The molecule has 2 N–H and O–H groups in total. The average Bonchev–Trinajstić information content (AvgIpc) is 2.43. The van der Waals surface area contributed by atoms with Gasteiger partial charge in [-0.3, -0.25) is 0 Å². The number of halogens is 1. The molecule has 1 aromatic heterocycles. The standard InChI is InChI=1S/C14H18ClN5/c1-4-10(3)17-14-19-13(8-16-20-14)18-12-7-11(15)6-5-9(12)2/h5-8,10H,4H2,1-3H3,(H2,17,18,19,20). The largest absolute Gasteiger partial charge is 0.350 e. The summed E-state index contributed by atoms with van der Waals surface area (Å²) in [4.78, 5) is 4.39. The van der Waals surface area contributed by atoms with Gasteiger partial charge in [-0.05, 0) is 38.0 Å². The molecule has 1 heterocycles. The van der Waals surface area contributed by atoms with E-state index < -0.39 is 0 Å². The van der Waals surface area contributed by atoms with Crippen molar-refractivity contribution in [2.75, 3.05) is 10.6 Å². The first-order valence-corrected chi connectivity index (χ1v) is 6.95. The lowest BCUT2D eigenvalue weighted by molar-refractivity contribution is 0.746. The molecule has 0 aliphatic carbocycles. The molecule has 0 saturated carbocycles. The predicted molar refractivity (Wildman–Crippen MR) is 82.7 cm³/mol. The molecule has 5 nitrogen and oxygen atoms in total. The Labute approximate surface area is 123 Å². The van der Waals surface area contributed by atoms with Gasteiger partial charge in [0, 0.05) is 16.8 Å². The SMILES string of the molecule is CCC(C)Nc1nncc(Nc2cc(Cl)ccc2C)n1. The molecule has 20 heavy (non-hydrogen) atoms. The van der Waals surface area contributed by atoms with Gasteiger partial charge < -0.3 is 10.6 Å². The van der Waals surface area contributed by atoms with E-state index in [0.717, 1.165) is 17.7 Å². The summed E-state index contributed by atoms with van der Waals surface area (Å²) in [6.07, 6.45) is 2.58. The van der Waals surface area contributed by atoms with Crippen molar-refractivity contribution in [1.29, 1.82) is 0 Å². The molecule has 2 rings (SSSR count).